The lowest BCUT2D eigenvalue weighted by Gasteiger charge is -2.04. The van der Waals surface area contributed by atoms with Crippen LogP contribution in [0.2, 0.25) is 0 Å². The second-order valence-electron chi connectivity index (χ2n) is 4.30. The number of benzene rings is 1. The van der Waals surface area contributed by atoms with Gasteiger partial charge in [-0.3, -0.25) is 15.1 Å². The van der Waals surface area contributed by atoms with Gasteiger partial charge in [-0.25, -0.2) is 4.98 Å². The number of anilines is 1. The van der Waals surface area contributed by atoms with Crippen LogP contribution in [0.3, 0.4) is 0 Å². The van der Waals surface area contributed by atoms with Crippen LogP contribution in [0.5, 0.6) is 0 Å². The van der Waals surface area contributed by atoms with Gasteiger partial charge >= 0.3 is 0 Å². The van der Waals surface area contributed by atoms with Crippen LogP contribution in [0, 0.1) is 10.1 Å². The van der Waals surface area contributed by atoms with Crippen molar-refractivity contribution in [2.24, 2.45) is 0 Å². The summed E-state index contributed by atoms with van der Waals surface area (Å²) in [6.07, 6.45) is 1.70. The number of nitro groups is 1. The minimum Gasteiger partial charge on any atom is -0.383 e. The van der Waals surface area contributed by atoms with Gasteiger partial charge in [0.05, 0.1) is 22.2 Å². The van der Waals surface area contributed by atoms with Crippen molar-refractivity contribution in [3.63, 3.8) is 0 Å². The molecule has 6 heteroatoms. The average Bonchev–Trinajstić information content (AvgIpc) is 2.46. The van der Waals surface area contributed by atoms with E-state index in [0.717, 1.165) is 16.5 Å². The Kier molecular flexibility index (Phi) is 2.76. The Morgan fingerprint density at radius 3 is 2.80 bits per heavy atom. The first-order valence-electron chi connectivity index (χ1n) is 5.90. The Morgan fingerprint density at radius 2 is 2.00 bits per heavy atom. The molecule has 1 aromatic carbocycles. The summed E-state index contributed by atoms with van der Waals surface area (Å²) in [5, 5.41) is 11.9. The predicted molar refractivity (Wildman–Crippen MR) is 76.0 cm³/mol. The molecule has 0 amide bonds. The normalized spacial score (nSPS) is 10.6. The molecular weight excluding hydrogens is 256 g/mol. The molecule has 0 radical (unpaired) electrons. The van der Waals surface area contributed by atoms with E-state index in [1.165, 1.54) is 12.1 Å². The van der Waals surface area contributed by atoms with E-state index in [2.05, 4.69) is 9.97 Å². The van der Waals surface area contributed by atoms with E-state index in [9.17, 15) is 10.1 Å². The number of pyridine rings is 2. The van der Waals surface area contributed by atoms with Crippen LogP contribution < -0.4 is 5.73 Å². The number of hydrogen-bond acceptors (Lipinski definition) is 5. The van der Waals surface area contributed by atoms with Crippen molar-refractivity contribution in [2.75, 3.05) is 5.73 Å². The van der Waals surface area contributed by atoms with Crippen LogP contribution in [0.4, 0.5) is 11.5 Å². The van der Waals surface area contributed by atoms with E-state index in [1.807, 2.05) is 30.3 Å². The fourth-order valence-electron chi connectivity index (χ4n) is 2.02. The van der Waals surface area contributed by atoms with Crippen molar-refractivity contribution in [1.82, 2.24) is 9.97 Å². The number of nitrogen functional groups attached to an aromatic ring is 1. The number of fused-ring (bicyclic) bond motifs is 1. The van der Waals surface area contributed by atoms with Gasteiger partial charge in [0.15, 0.2) is 0 Å². The smallest absolute Gasteiger partial charge is 0.275 e. The van der Waals surface area contributed by atoms with Gasteiger partial charge in [-0.15, -0.1) is 0 Å². The highest BCUT2D eigenvalue weighted by Crippen LogP contribution is 2.26. The van der Waals surface area contributed by atoms with Gasteiger partial charge in [-0.2, -0.15) is 0 Å². The highest BCUT2D eigenvalue weighted by Gasteiger charge is 2.11. The van der Waals surface area contributed by atoms with Crippen LogP contribution in [-0.2, 0) is 0 Å². The Labute approximate surface area is 114 Å². The van der Waals surface area contributed by atoms with Crippen LogP contribution in [0.25, 0.3) is 22.2 Å². The Balaban J connectivity index is 2.17. The van der Waals surface area contributed by atoms with E-state index in [-0.39, 0.29) is 11.5 Å². The third-order valence-corrected chi connectivity index (χ3v) is 2.94. The van der Waals surface area contributed by atoms with Crippen molar-refractivity contribution in [2.45, 2.75) is 0 Å². The zero-order chi connectivity index (χ0) is 14.1. The lowest BCUT2D eigenvalue weighted by Crippen LogP contribution is -1.96. The number of nitrogens with zero attached hydrogens (tertiary/aromatic N) is 3. The van der Waals surface area contributed by atoms with Gasteiger partial charge in [-0.1, -0.05) is 18.2 Å². The van der Waals surface area contributed by atoms with Crippen molar-refractivity contribution in [3.05, 3.63) is 58.8 Å². The Hall–Kier alpha value is -3.02. The summed E-state index contributed by atoms with van der Waals surface area (Å²) in [6.45, 7) is 0. The number of aromatic nitrogens is 2. The van der Waals surface area contributed by atoms with Crippen molar-refractivity contribution in [3.8, 4) is 11.3 Å². The first kappa shape index (κ1) is 12.0. The molecule has 20 heavy (non-hydrogen) atoms. The van der Waals surface area contributed by atoms with Gasteiger partial charge in [0, 0.05) is 23.2 Å². The molecule has 0 saturated carbocycles. The summed E-state index contributed by atoms with van der Waals surface area (Å²) in [6, 6.07) is 12.0. The lowest BCUT2D eigenvalue weighted by molar-refractivity contribution is -0.384. The number of rotatable bonds is 2. The third kappa shape index (κ3) is 2.14. The van der Waals surface area contributed by atoms with Crippen LogP contribution >= 0.6 is 0 Å². The summed E-state index contributed by atoms with van der Waals surface area (Å²) >= 11 is 0. The molecule has 0 bridgehead atoms. The van der Waals surface area contributed by atoms with E-state index in [1.54, 1.807) is 6.20 Å². The maximum atomic E-state index is 10.9. The minimum absolute atomic E-state index is 0.0754. The first-order valence-corrected chi connectivity index (χ1v) is 5.90. The molecule has 3 rings (SSSR count). The largest absolute Gasteiger partial charge is 0.383 e. The summed E-state index contributed by atoms with van der Waals surface area (Å²) in [4.78, 5) is 18.8. The molecule has 0 saturated heterocycles. The van der Waals surface area contributed by atoms with E-state index in [4.69, 9.17) is 5.73 Å². The van der Waals surface area contributed by atoms with Gasteiger partial charge in [0.2, 0.25) is 0 Å². The highest BCUT2D eigenvalue weighted by atomic mass is 16.6. The molecule has 0 spiro atoms. The van der Waals surface area contributed by atoms with Gasteiger partial charge < -0.3 is 5.73 Å². The number of nitrogens with two attached hydrogens (primary N) is 1. The summed E-state index contributed by atoms with van der Waals surface area (Å²) in [7, 11) is 0. The topological polar surface area (TPSA) is 94.9 Å². The molecule has 3 aromatic rings. The second-order valence-corrected chi connectivity index (χ2v) is 4.30. The van der Waals surface area contributed by atoms with Gasteiger partial charge in [0.1, 0.15) is 5.82 Å². The van der Waals surface area contributed by atoms with E-state index in [0.29, 0.717) is 5.69 Å². The van der Waals surface area contributed by atoms with Crippen molar-refractivity contribution in [1.29, 1.82) is 0 Å². The summed E-state index contributed by atoms with van der Waals surface area (Å²) < 4.78 is 0. The fraction of sp³-hybridized carbons (Fsp3) is 0. The monoisotopic (exact) mass is 266 g/mol. The molecule has 98 valence electrons. The molecule has 0 atom stereocenters. The second kappa shape index (κ2) is 4.58. The van der Waals surface area contributed by atoms with Gasteiger partial charge in [0.25, 0.3) is 5.69 Å². The van der Waals surface area contributed by atoms with Gasteiger partial charge in [-0.05, 0) is 12.1 Å². The third-order valence-electron chi connectivity index (χ3n) is 2.94. The molecule has 2 N–H and O–H groups in total. The molecule has 0 fully saturated rings. The molecule has 0 aliphatic rings. The lowest BCUT2D eigenvalue weighted by atomic mass is 10.1. The van der Waals surface area contributed by atoms with E-state index < -0.39 is 4.92 Å². The van der Waals surface area contributed by atoms with Crippen LogP contribution in [0.1, 0.15) is 0 Å². The van der Waals surface area contributed by atoms with Crippen molar-refractivity contribution < 1.29 is 4.92 Å². The quantitative estimate of drug-likeness (QED) is 0.568. The number of hydrogen-bond donors (Lipinski definition) is 1. The van der Waals surface area contributed by atoms with Crippen LogP contribution in [0.15, 0.2) is 48.7 Å². The zero-order valence-electron chi connectivity index (χ0n) is 10.4. The maximum absolute atomic E-state index is 10.9. The molecule has 0 aliphatic heterocycles. The molecule has 6 nitrogen and oxygen atoms in total. The summed E-state index contributed by atoms with van der Waals surface area (Å²) in [5.74, 6) is 0.121. The molecule has 0 aliphatic carbocycles. The predicted octanol–water partition coefficient (Wildman–Crippen LogP) is 2.79. The minimum atomic E-state index is -0.485. The highest BCUT2D eigenvalue weighted by molar-refractivity contribution is 5.83. The zero-order valence-corrected chi connectivity index (χ0v) is 10.4. The molecule has 2 aromatic heterocycles. The molecular formula is C14H10N4O2. The average molecular weight is 266 g/mol. The standard InChI is InChI=1S/C14H10N4O2/c15-14-8-11(18(19)20)7-13(17-14)10-4-3-9-2-1-5-16-12(9)6-10/h1-8H,(H2,15,17). The molecule has 0 unspecified atom stereocenters. The summed E-state index contributed by atoms with van der Waals surface area (Å²) in [5.41, 5.74) is 7.55. The Bertz CT molecular complexity index is 817. The first-order chi connectivity index (χ1) is 9.63. The SMILES string of the molecule is Nc1cc([N+](=O)[O-])cc(-c2ccc3cccnc3c2)n1. The maximum Gasteiger partial charge on any atom is 0.275 e. The van der Waals surface area contributed by atoms with Crippen molar-refractivity contribution >= 4 is 22.4 Å². The van der Waals surface area contributed by atoms with Crippen LogP contribution in [-0.4, -0.2) is 14.9 Å². The molecule has 2 heterocycles. The fourth-order valence-corrected chi connectivity index (χ4v) is 2.02. The van der Waals surface area contributed by atoms with E-state index >= 15 is 0 Å². The Morgan fingerprint density at radius 1 is 1.15 bits per heavy atom.